The summed E-state index contributed by atoms with van der Waals surface area (Å²) in [6.45, 7) is 3.65. The minimum Gasteiger partial charge on any atom is -0.469 e. The molecule has 1 atom stereocenters. The second-order valence-electron chi connectivity index (χ2n) is 7.09. The van der Waals surface area contributed by atoms with Gasteiger partial charge in [0, 0.05) is 25.6 Å². The van der Waals surface area contributed by atoms with Gasteiger partial charge in [-0.1, -0.05) is 0 Å². The number of furan rings is 2. The number of nitrogens with one attached hydrogen (secondary N) is 1. The van der Waals surface area contributed by atoms with E-state index in [0.29, 0.717) is 16.5 Å². The Morgan fingerprint density at radius 1 is 1.39 bits per heavy atom. The van der Waals surface area contributed by atoms with Crippen molar-refractivity contribution in [2.24, 2.45) is 7.05 Å². The van der Waals surface area contributed by atoms with Crippen LogP contribution in [0.5, 0.6) is 0 Å². The number of nitrogens with zero attached hydrogens (tertiary/aromatic N) is 3. The Labute approximate surface area is 160 Å². The fourth-order valence-corrected chi connectivity index (χ4v) is 3.49. The molecule has 0 radical (unpaired) electrons. The first-order valence-electron chi connectivity index (χ1n) is 9.20. The van der Waals surface area contributed by atoms with Crippen LogP contribution in [0.1, 0.15) is 24.9 Å². The van der Waals surface area contributed by atoms with E-state index in [0.717, 1.165) is 29.9 Å². The summed E-state index contributed by atoms with van der Waals surface area (Å²) in [4.78, 5) is 25.2. The van der Waals surface area contributed by atoms with Crippen LogP contribution in [0, 0.1) is 6.92 Å². The SMILES string of the molecule is Cc1cc2c(o1)c1cnn(CC(=O)N[C@H](C)CCc3ccco3)c(=O)c1n2C. The number of carbonyl (C=O) groups excluding carboxylic acids is 1. The first kappa shape index (κ1) is 18.1. The van der Waals surface area contributed by atoms with Crippen LogP contribution in [0.2, 0.25) is 0 Å². The molecule has 0 aliphatic rings. The molecule has 0 spiro atoms. The van der Waals surface area contributed by atoms with E-state index in [9.17, 15) is 9.59 Å². The van der Waals surface area contributed by atoms with E-state index in [1.54, 1.807) is 17.0 Å². The van der Waals surface area contributed by atoms with Gasteiger partial charge in [0.15, 0.2) is 5.58 Å². The molecule has 0 bridgehead atoms. The number of amides is 1. The summed E-state index contributed by atoms with van der Waals surface area (Å²) < 4.78 is 14.0. The van der Waals surface area contributed by atoms with Crippen molar-refractivity contribution in [1.82, 2.24) is 19.7 Å². The standard InChI is InChI=1S/C20H22N4O4/c1-12(6-7-14-5-4-8-27-14)22-17(25)11-24-20(26)18-15(10-21-24)19-16(23(18)3)9-13(2)28-19/h4-5,8-10,12H,6-7,11H2,1-3H3,(H,22,25)/t12-/m1/s1. The Morgan fingerprint density at radius 3 is 2.96 bits per heavy atom. The van der Waals surface area contributed by atoms with Crippen LogP contribution in [0.25, 0.3) is 22.0 Å². The summed E-state index contributed by atoms with van der Waals surface area (Å²) in [5.41, 5.74) is 1.63. The number of fused-ring (bicyclic) bond motifs is 3. The maximum atomic E-state index is 12.8. The summed E-state index contributed by atoms with van der Waals surface area (Å²) >= 11 is 0. The van der Waals surface area contributed by atoms with E-state index in [1.807, 2.05) is 39.1 Å². The van der Waals surface area contributed by atoms with Crippen LogP contribution in [-0.2, 0) is 24.8 Å². The van der Waals surface area contributed by atoms with Gasteiger partial charge >= 0.3 is 0 Å². The molecule has 1 N–H and O–H groups in total. The highest BCUT2D eigenvalue weighted by molar-refractivity contribution is 6.04. The third-order valence-corrected chi connectivity index (χ3v) is 4.90. The Hall–Kier alpha value is -3.29. The van der Waals surface area contributed by atoms with E-state index < -0.39 is 0 Å². The molecule has 0 saturated heterocycles. The molecule has 0 unspecified atom stereocenters. The molecule has 4 rings (SSSR count). The van der Waals surface area contributed by atoms with Crippen LogP contribution < -0.4 is 10.9 Å². The van der Waals surface area contributed by atoms with E-state index >= 15 is 0 Å². The predicted molar refractivity (Wildman–Crippen MR) is 104 cm³/mol. The fourth-order valence-electron chi connectivity index (χ4n) is 3.49. The highest BCUT2D eigenvalue weighted by Gasteiger charge is 2.18. The minimum atomic E-state index is -0.317. The second kappa shape index (κ2) is 7.03. The van der Waals surface area contributed by atoms with Gasteiger partial charge in [-0.05, 0) is 32.4 Å². The number of rotatable bonds is 6. The molecule has 0 fully saturated rings. The van der Waals surface area contributed by atoms with Crippen molar-refractivity contribution in [2.75, 3.05) is 0 Å². The van der Waals surface area contributed by atoms with E-state index in [1.165, 1.54) is 4.68 Å². The fraction of sp³-hybridized carbons (Fsp3) is 0.350. The van der Waals surface area contributed by atoms with Crippen LogP contribution in [0.15, 0.2) is 44.3 Å². The molecular weight excluding hydrogens is 360 g/mol. The van der Waals surface area contributed by atoms with Gasteiger partial charge in [-0.3, -0.25) is 9.59 Å². The van der Waals surface area contributed by atoms with Crippen molar-refractivity contribution in [3.05, 3.63) is 52.5 Å². The maximum Gasteiger partial charge on any atom is 0.291 e. The lowest BCUT2D eigenvalue weighted by atomic mass is 10.1. The lowest BCUT2D eigenvalue weighted by molar-refractivity contribution is -0.122. The lowest BCUT2D eigenvalue weighted by Crippen LogP contribution is -2.38. The Bertz CT molecular complexity index is 1200. The normalized spacial score (nSPS) is 12.7. The molecule has 1 amide bonds. The molecule has 4 heterocycles. The predicted octanol–water partition coefficient (Wildman–Crippen LogP) is 2.52. The summed E-state index contributed by atoms with van der Waals surface area (Å²) in [6.07, 6.45) is 4.69. The number of aryl methyl sites for hydroxylation is 3. The average molecular weight is 382 g/mol. The van der Waals surface area contributed by atoms with Crippen LogP contribution in [-0.4, -0.2) is 26.3 Å². The average Bonchev–Trinajstić information content (AvgIpc) is 3.34. The highest BCUT2D eigenvalue weighted by Crippen LogP contribution is 2.28. The molecule has 4 aromatic heterocycles. The lowest BCUT2D eigenvalue weighted by Gasteiger charge is -2.13. The van der Waals surface area contributed by atoms with Crippen molar-refractivity contribution in [3.8, 4) is 0 Å². The van der Waals surface area contributed by atoms with Gasteiger partial charge in [0.2, 0.25) is 5.91 Å². The highest BCUT2D eigenvalue weighted by atomic mass is 16.3. The molecular formula is C20H22N4O4. The number of aromatic nitrogens is 3. The molecule has 146 valence electrons. The largest absolute Gasteiger partial charge is 0.469 e. The van der Waals surface area contributed by atoms with Crippen LogP contribution in [0.4, 0.5) is 0 Å². The van der Waals surface area contributed by atoms with Gasteiger partial charge in [0.1, 0.15) is 23.6 Å². The monoisotopic (exact) mass is 382 g/mol. The van der Waals surface area contributed by atoms with Gasteiger partial charge < -0.3 is 18.7 Å². The quantitative estimate of drug-likeness (QED) is 0.553. The summed E-state index contributed by atoms with van der Waals surface area (Å²) in [5, 5.41) is 7.72. The van der Waals surface area contributed by atoms with Crippen molar-refractivity contribution >= 4 is 27.9 Å². The summed E-state index contributed by atoms with van der Waals surface area (Å²) in [6, 6.07) is 5.59. The zero-order chi connectivity index (χ0) is 19.8. The number of hydrogen-bond donors (Lipinski definition) is 1. The Morgan fingerprint density at radius 2 is 2.21 bits per heavy atom. The molecule has 0 aliphatic heterocycles. The molecule has 8 heteroatoms. The van der Waals surface area contributed by atoms with Gasteiger partial charge in [0.25, 0.3) is 5.56 Å². The second-order valence-corrected chi connectivity index (χ2v) is 7.09. The molecule has 28 heavy (non-hydrogen) atoms. The maximum absolute atomic E-state index is 12.8. The van der Waals surface area contributed by atoms with Gasteiger partial charge in [-0.2, -0.15) is 5.10 Å². The Balaban J connectivity index is 1.49. The first-order valence-corrected chi connectivity index (χ1v) is 9.20. The Kier molecular flexibility index (Phi) is 4.54. The van der Waals surface area contributed by atoms with E-state index in [4.69, 9.17) is 8.83 Å². The van der Waals surface area contributed by atoms with E-state index in [-0.39, 0.29) is 24.1 Å². The smallest absolute Gasteiger partial charge is 0.291 e. The van der Waals surface area contributed by atoms with Crippen molar-refractivity contribution in [3.63, 3.8) is 0 Å². The van der Waals surface area contributed by atoms with Crippen molar-refractivity contribution < 1.29 is 13.6 Å². The first-order chi connectivity index (χ1) is 13.4. The van der Waals surface area contributed by atoms with Gasteiger partial charge in [-0.15, -0.1) is 0 Å². The van der Waals surface area contributed by atoms with Crippen molar-refractivity contribution in [1.29, 1.82) is 0 Å². The topological polar surface area (TPSA) is 95.2 Å². The zero-order valence-corrected chi connectivity index (χ0v) is 16.1. The molecule has 0 aromatic carbocycles. The van der Waals surface area contributed by atoms with Crippen molar-refractivity contribution in [2.45, 2.75) is 39.3 Å². The number of hydrogen-bond acceptors (Lipinski definition) is 5. The van der Waals surface area contributed by atoms with Gasteiger partial charge in [-0.25, -0.2) is 4.68 Å². The summed E-state index contributed by atoms with van der Waals surface area (Å²) in [7, 11) is 1.81. The molecule has 4 aromatic rings. The molecule has 0 saturated carbocycles. The summed E-state index contributed by atoms with van der Waals surface area (Å²) in [5.74, 6) is 1.40. The molecule has 0 aliphatic carbocycles. The van der Waals surface area contributed by atoms with Crippen LogP contribution in [0.3, 0.4) is 0 Å². The minimum absolute atomic E-state index is 0.0441. The third-order valence-electron chi connectivity index (χ3n) is 4.90. The zero-order valence-electron chi connectivity index (χ0n) is 16.1. The third kappa shape index (κ3) is 3.21. The van der Waals surface area contributed by atoms with E-state index in [2.05, 4.69) is 10.4 Å². The van der Waals surface area contributed by atoms with Gasteiger partial charge in [0.05, 0.1) is 23.4 Å². The number of carbonyl (C=O) groups is 1. The van der Waals surface area contributed by atoms with Crippen LogP contribution >= 0.6 is 0 Å². The molecule has 8 nitrogen and oxygen atoms in total.